The van der Waals surface area contributed by atoms with Crippen LogP contribution in [0.5, 0.6) is 11.5 Å². The molecule has 0 bridgehead atoms. The maximum absolute atomic E-state index is 12.5. The summed E-state index contributed by atoms with van der Waals surface area (Å²) in [6.45, 7) is 9.26. The highest BCUT2D eigenvalue weighted by Crippen LogP contribution is 2.35. The van der Waals surface area contributed by atoms with Gasteiger partial charge in [-0.15, -0.1) is 0 Å². The van der Waals surface area contributed by atoms with Crippen LogP contribution in [-0.4, -0.2) is 47.4 Å². The van der Waals surface area contributed by atoms with E-state index in [1.54, 1.807) is 19.9 Å². The molecule has 0 saturated heterocycles. The van der Waals surface area contributed by atoms with Gasteiger partial charge in [-0.2, -0.15) is 0 Å². The van der Waals surface area contributed by atoms with E-state index in [1.807, 2.05) is 20.8 Å². The van der Waals surface area contributed by atoms with E-state index >= 15 is 0 Å². The summed E-state index contributed by atoms with van der Waals surface area (Å²) in [6.07, 6.45) is 4.11. The smallest absolute Gasteiger partial charge is 0.480 e. The fraction of sp³-hybridized carbons (Fsp3) is 0.655. The van der Waals surface area contributed by atoms with E-state index in [-0.39, 0.29) is 36.9 Å². The highest BCUT2D eigenvalue weighted by Gasteiger charge is 2.30. The number of esters is 2. The number of nitrogens with two attached hydrogens (primary N) is 1. The Morgan fingerprint density at radius 3 is 1.87 bits per heavy atom. The summed E-state index contributed by atoms with van der Waals surface area (Å²) < 4.78 is 21.5. The number of rotatable bonds is 18. The lowest BCUT2D eigenvalue weighted by molar-refractivity contribution is -0.139. The number of carbonyl (C=O) groups excluding carboxylic acids is 3. The zero-order valence-electron chi connectivity index (χ0n) is 23.9. The van der Waals surface area contributed by atoms with Gasteiger partial charge in [0, 0.05) is 18.8 Å². The van der Waals surface area contributed by atoms with Gasteiger partial charge < -0.3 is 29.8 Å². The minimum atomic E-state index is -1.35. The molecule has 220 valence electrons. The third-order valence-electron chi connectivity index (χ3n) is 6.29. The number of ether oxygens (including phenoxy) is 4. The summed E-state index contributed by atoms with van der Waals surface area (Å²) in [5.74, 6) is -2.95. The van der Waals surface area contributed by atoms with Gasteiger partial charge >= 0.3 is 24.1 Å². The molecular formula is C29H45NO9. The molecule has 1 aromatic rings. The van der Waals surface area contributed by atoms with Gasteiger partial charge in [-0.05, 0) is 57.2 Å². The van der Waals surface area contributed by atoms with Gasteiger partial charge in [-0.1, -0.05) is 52.5 Å². The van der Waals surface area contributed by atoms with Crippen LogP contribution >= 0.6 is 0 Å². The first kappa shape index (κ1) is 33.9. The quantitative estimate of drug-likeness (QED) is 0.128. The Hall–Kier alpha value is -3.14. The van der Waals surface area contributed by atoms with E-state index in [0.717, 1.165) is 25.7 Å². The van der Waals surface area contributed by atoms with Crippen molar-refractivity contribution in [1.29, 1.82) is 0 Å². The van der Waals surface area contributed by atoms with E-state index in [0.29, 0.717) is 24.8 Å². The molecule has 0 heterocycles. The van der Waals surface area contributed by atoms with E-state index in [9.17, 15) is 24.3 Å². The molecule has 0 aliphatic rings. The highest BCUT2D eigenvalue weighted by molar-refractivity contribution is 5.77. The van der Waals surface area contributed by atoms with Crippen LogP contribution in [0.25, 0.3) is 0 Å². The van der Waals surface area contributed by atoms with Crippen molar-refractivity contribution in [3.05, 3.63) is 23.8 Å². The van der Waals surface area contributed by atoms with Gasteiger partial charge in [-0.25, -0.2) is 4.79 Å². The molecule has 3 N–H and O–H groups in total. The van der Waals surface area contributed by atoms with Crippen LogP contribution in [0.1, 0.15) is 110 Å². The molecule has 10 nitrogen and oxygen atoms in total. The first-order valence-corrected chi connectivity index (χ1v) is 13.9. The lowest BCUT2D eigenvalue weighted by Crippen LogP contribution is -2.38. The van der Waals surface area contributed by atoms with Crippen LogP contribution in [-0.2, 0) is 23.9 Å². The van der Waals surface area contributed by atoms with Crippen molar-refractivity contribution in [3.63, 3.8) is 0 Å². The predicted octanol–water partition coefficient (Wildman–Crippen LogP) is 5.88. The Bertz CT molecular complexity index is 933. The van der Waals surface area contributed by atoms with Gasteiger partial charge in [0.15, 0.2) is 11.5 Å². The second-order valence-electron chi connectivity index (χ2n) is 9.79. The molecule has 0 spiro atoms. The molecule has 0 aliphatic heterocycles. The van der Waals surface area contributed by atoms with E-state index < -0.39 is 42.1 Å². The third-order valence-corrected chi connectivity index (χ3v) is 6.29. The third kappa shape index (κ3) is 13.0. The maximum atomic E-state index is 12.5. The zero-order valence-corrected chi connectivity index (χ0v) is 23.9. The molecule has 1 rings (SSSR count). The molecule has 0 fully saturated rings. The number of aliphatic carboxylic acids is 1. The normalized spacial score (nSPS) is 14.0. The Morgan fingerprint density at radius 1 is 0.821 bits per heavy atom. The van der Waals surface area contributed by atoms with Crippen LogP contribution in [0, 0.1) is 0 Å². The average molecular weight is 552 g/mol. The SMILES string of the molecule is CCCCCC(=O)Oc1ccc(C(CC(C)OC(=O)OC(C)CC)[C@H](N)C(=O)O)cc1OC(=O)CCCCC. The molecule has 0 aromatic heterocycles. The monoisotopic (exact) mass is 551 g/mol. The lowest BCUT2D eigenvalue weighted by atomic mass is 9.87. The lowest BCUT2D eigenvalue weighted by Gasteiger charge is -2.25. The summed E-state index contributed by atoms with van der Waals surface area (Å²) in [5, 5.41) is 9.66. The van der Waals surface area contributed by atoms with Gasteiger partial charge in [0.25, 0.3) is 0 Å². The topological polar surface area (TPSA) is 151 Å². The molecule has 0 aliphatic carbocycles. The Balaban J connectivity index is 3.24. The fourth-order valence-electron chi connectivity index (χ4n) is 3.81. The summed E-state index contributed by atoms with van der Waals surface area (Å²) in [5.41, 5.74) is 6.46. The fourth-order valence-corrected chi connectivity index (χ4v) is 3.81. The van der Waals surface area contributed by atoms with Crippen molar-refractivity contribution in [2.75, 3.05) is 0 Å². The van der Waals surface area contributed by atoms with Crippen molar-refractivity contribution >= 4 is 24.1 Å². The maximum Gasteiger partial charge on any atom is 0.508 e. The Morgan fingerprint density at radius 2 is 1.36 bits per heavy atom. The van der Waals surface area contributed by atoms with Crippen LogP contribution in [0.2, 0.25) is 0 Å². The highest BCUT2D eigenvalue weighted by atomic mass is 16.7. The molecule has 39 heavy (non-hydrogen) atoms. The summed E-state index contributed by atoms with van der Waals surface area (Å²) >= 11 is 0. The van der Waals surface area contributed by atoms with Crippen molar-refractivity contribution in [2.45, 2.75) is 123 Å². The molecule has 0 saturated carbocycles. The minimum absolute atomic E-state index is 0.00480. The number of carboxylic acid groups (broad SMARTS) is 1. The van der Waals surface area contributed by atoms with Crippen LogP contribution in [0.3, 0.4) is 0 Å². The summed E-state index contributed by atoms with van der Waals surface area (Å²) in [4.78, 5) is 48.8. The first-order chi connectivity index (χ1) is 18.5. The zero-order chi connectivity index (χ0) is 29.4. The Labute approximate surface area is 231 Å². The molecule has 10 heteroatoms. The number of benzene rings is 1. The first-order valence-electron chi connectivity index (χ1n) is 13.9. The molecule has 1 aromatic carbocycles. The number of carboxylic acids is 1. The van der Waals surface area contributed by atoms with Crippen LogP contribution < -0.4 is 15.2 Å². The van der Waals surface area contributed by atoms with Crippen LogP contribution in [0.15, 0.2) is 18.2 Å². The van der Waals surface area contributed by atoms with Gasteiger partial charge in [0.05, 0.1) is 0 Å². The van der Waals surface area contributed by atoms with Gasteiger partial charge in [0.2, 0.25) is 0 Å². The molecular weight excluding hydrogens is 506 g/mol. The van der Waals surface area contributed by atoms with Crippen molar-refractivity contribution < 1.29 is 43.2 Å². The Kier molecular flexibility index (Phi) is 15.8. The number of hydrogen-bond donors (Lipinski definition) is 2. The average Bonchev–Trinajstić information content (AvgIpc) is 2.88. The van der Waals surface area contributed by atoms with Crippen LogP contribution in [0.4, 0.5) is 4.79 Å². The van der Waals surface area contributed by atoms with Gasteiger partial charge in [-0.3, -0.25) is 14.4 Å². The van der Waals surface area contributed by atoms with Gasteiger partial charge in [0.1, 0.15) is 18.2 Å². The summed E-state index contributed by atoms with van der Waals surface area (Å²) in [6, 6.07) is 3.15. The number of carbonyl (C=O) groups is 4. The number of unbranched alkanes of at least 4 members (excludes halogenated alkanes) is 4. The molecule has 0 amide bonds. The van der Waals surface area contributed by atoms with E-state index in [1.165, 1.54) is 12.1 Å². The second kappa shape index (κ2) is 18.2. The van der Waals surface area contributed by atoms with Crippen molar-refractivity contribution in [3.8, 4) is 11.5 Å². The largest absolute Gasteiger partial charge is 0.508 e. The molecule has 0 radical (unpaired) electrons. The summed E-state index contributed by atoms with van der Waals surface area (Å²) in [7, 11) is 0. The van der Waals surface area contributed by atoms with Crippen molar-refractivity contribution in [2.24, 2.45) is 5.73 Å². The van der Waals surface area contributed by atoms with E-state index in [4.69, 9.17) is 24.7 Å². The van der Waals surface area contributed by atoms with E-state index in [2.05, 4.69) is 0 Å². The minimum Gasteiger partial charge on any atom is -0.480 e. The van der Waals surface area contributed by atoms with Crippen molar-refractivity contribution in [1.82, 2.24) is 0 Å². The number of hydrogen-bond acceptors (Lipinski definition) is 9. The molecule has 3 unspecified atom stereocenters. The second-order valence-corrected chi connectivity index (χ2v) is 9.79. The predicted molar refractivity (Wildman–Crippen MR) is 146 cm³/mol. The standard InChI is InChI=1S/C29H45NO9/c1-6-9-11-13-25(31)38-23-16-15-21(18-24(23)39-26(32)14-12-10-7-2)22(27(30)28(33)34)17-20(5)37-29(35)36-19(4)8-3/h15-16,18-20,22,27H,6-14,17,30H2,1-5H3,(H,33,34)/t19?,20?,22?,27-/m0/s1. The molecule has 4 atom stereocenters.